The van der Waals surface area contributed by atoms with Crippen LogP contribution in [0.25, 0.3) is 0 Å². The Kier molecular flexibility index (Phi) is 3.77. The highest BCUT2D eigenvalue weighted by atomic mass is 32.2. The number of hydrogen-bond acceptors (Lipinski definition) is 6. The molecule has 0 bridgehead atoms. The SMILES string of the molecule is O=S(=O)(O)c1ccc(N=C=S)c(S(=O)(=O)O)c1. The molecule has 0 aliphatic carbocycles. The summed E-state index contributed by atoms with van der Waals surface area (Å²) in [5, 5.41) is 1.88. The van der Waals surface area contributed by atoms with Crippen LogP contribution in [0.1, 0.15) is 0 Å². The molecule has 0 atom stereocenters. The Morgan fingerprint density at radius 2 is 1.71 bits per heavy atom. The lowest BCUT2D eigenvalue weighted by molar-refractivity contribution is 0.481. The van der Waals surface area contributed by atoms with Crippen molar-refractivity contribution in [3.05, 3.63) is 18.2 Å². The third-order valence-corrected chi connectivity index (χ3v) is 3.50. The monoisotopic (exact) mass is 295 g/mol. The first-order valence-corrected chi connectivity index (χ1v) is 7.12. The summed E-state index contributed by atoms with van der Waals surface area (Å²) in [6.07, 6.45) is 0. The second kappa shape index (κ2) is 4.61. The topological polar surface area (TPSA) is 121 Å². The van der Waals surface area contributed by atoms with Crippen LogP contribution in [-0.4, -0.2) is 31.1 Å². The maximum absolute atomic E-state index is 11.0. The highest BCUT2D eigenvalue weighted by Gasteiger charge is 2.20. The maximum atomic E-state index is 11.0. The molecule has 0 saturated carbocycles. The first-order valence-electron chi connectivity index (χ1n) is 3.83. The van der Waals surface area contributed by atoms with E-state index in [0.29, 0.717) is 6.07 Å². The van der Waals surface area contributed by atoms with Gasteiger partial charge in [-0.1, -0.05) is 0 Å². The average molecular weight is 295 g/mol. The summed E-state index contributed by atoms with van der Waals surface area (Å²) in [5.41, 5.74) is -0.282. The normalized spacial score (nSPS) is 11.9. The van der Waals surface area contributed by atoms with Gasteiger partial charge in [0.15, 0.2) is 0 Å². The Morgan fingerprint density at radius 3 is 2.12 bits per heavy atom. The summed E-state index contributed by atoms with van der Waals surface area (Å²) in [5.74, 6) is 0. The standard InChI is InChI=1S/C7H5NO6S3/c9-16(10,11)5-1-2-6(8-4-15)7(3-5)17(12,13)14/h1-3H,(H,9,10,11)(H,12,13,14). The van der Waals surface area contributed by atoms with Gasteiger partial charge in [0.1, 0.15) is 4.90 Å². The van der Waals surface area contributed by atoms with E-state index in [9.17, 15) is 16.8 Å². The minimum atomic E-state index is -4.69. The Labute approximate surface area is 102 Å². The van der Waals surface area contributed by atoms with E-state index in [0.717, 1.165) is 12.1 Å². The van der Waals surface area contributed by atoms with Crippen LogP contribution in [0, 0.1) is 0 Å². The van der Waals surface area contributed by atoms with Crippen LogP contribution in [0.5, 0.6) is 0 Å². The third-order valence-electron chi connectivity index (χ3n) is 1.67. The number of nitrogens with zero attached hydrogens (tertiary/aromatic N) is 1. The second-order valence-corrected chi connectivity index (χ2v) is 5.78. The predicted molar refractivity (Wildman–Crippen MR) is 60.8 cm³/mol. The lowest BCUT2D eigenvalue weighted by atomic mass is 10.3. The van der Waals surface area contributed by atoms with Crippen LogP contribution in [0.4, 0.5) is 5.69 Å². The van der Waals surface area contributed by atoms with Crippen LogP contribution in [-0.2, 0) is 20.2 Å². The van der Waals surface area contributed by atoms with Crippen molar-refractivity contribution in [2.45, 2.75) is 9.79 Å². The first kappa shape index (κ1) is 13.9. The molecule has 0 spiro atoms. The molecule has 7 nitrogen and oxygen atoms in total. The Hall–Kier alpha value is -1.16. The van der Waals surface area contributed by atoms with Gasteiger partial charge in [0.2, 0.25) is 0 Å². The lowest BCUT2D eigenvalue weighted by Gasteiger charge is -2.03. The fraction of sp³-hybridized carbons (Fsp3) is 0. The van der Waals surface area contributed by atoms with E-state index in [1.165, 1.54) is 0 Å². The Balaban J connectivity index is 3.68. The molecule has 0 aliphatic heterocycles. The quantitative estimate of drug-likeness (QED) is 0.483. The van der Waals surface area contributed by atoms with Gasteiger partial charge in [-0.05, 0) is 30.4 Å². The minimum Gasteiger partial charge on any atom is -0.282 e. The molecular formula is C7H5NO6S3. The van der Waals surface area contributed by atoms with Crippen molar-refractivity contribution in [3.8, 4) is 0 Å². The highest BCUT2D eigenvalue weighted by molar-refractivity contribution is 7.86. The molecule has 0 aliphatic rings. The van der Waals surface area contributed by atoms with Crippen LogP contribution >= 0.6 is 12.2 Å². The molecule has 0 aromatic heterocycles. The zero-order valence-electron chi connectivity index (χ0n) is 7.93. The summed E-state index contributed by atoms with van der Waals surface area (Å²) in [6, 6.07) is 2.44. The fourth-order valence-electron chi connectivity index (χ4n) is 1.00. The molecule has 10 heteroatoms. The van der Waals surface area contributed by atoms with E-state index in [-0.39, 0.29) is 5.69 Å². The van der Waals surface area contributed by atoms with Gasteiger partial charge in [0.05, 0.1) is 15.7 Å². The summed E-state index contributed by atoms with van der Waals surface area (Å²) in [6.45, 7) is 0. The molecule has 0 fully saturated rings. The molecule has 1 aromatic carbocycles. The Morgan fingerprint density at radius 1 is 1.12 bits per heavy atom. The minimum absolute atomic E-state index is 0.282. The Bertz CT molecular complexity index is 699. The van der Waals surface area contributed by atoms with Gasteiger partial charge >= 0.3 is 0 Å². The summed E-state index contributed by atoms with van der Waals surface area (Å²) in [7, 11) is -9.28. The summed E-state index contributed by atoms with van der Waals surface area (Å²) >= 11 is 4.26. The molecule has 0 unspecified atom stereocenters. The smallest absolute Gasteiger partial charge is 0.282 e. The van der Waals surface area contributed by atoms with Gasteiger partial charge in [-0.3, -0.25) is 9.11 Å². The van der Waals surface area contributed by atoms with Crippen molar-refractivity contribution in [2.75, 3.05) is 0 Å². The van der Waals surface area contributed by atoms with Crippen LogP contribution in [0.2, 0.25) is 0 Å². The molecule has 1 rings (SSSR count). The molecule has 92 valence electrons. The van der Waals surface area contributed by atoms with Crippen molar-refractivity contribution >= 4 is 43.3 Å². The van der Waals surface area contributed by atoms with Crippen molar-refractivity contribution in [3.63, 3.8) is 0 Å². The van der Waals surface area contributed by atoms with Gasteiger partial charge in [-0.15, -0.1) is 0 Å². The van der Waals surface area contributed by atoms with Crippen molar-refractivity contribution in [1.29, 1.82) is 0 Å². The lowest BCUT2D eigenvalue weighted by Crippen LogP contribution is -2.03. The molecule has 0 saturated heterocycles. The van der Waals surface area contributed by atoms with E-state index in [2.05, 4.69) is 17.2 Å². The average Bonchev–Trinajstić information content (AvgIpc) is 2.15. The molecule has 17 heavy (non-hydrogen) atoms. The maximum Gasteiger partial charge on any atom is 0.296 e. The third kappa shape index (κ3) is 3.40. The van der Waals surface area contributed by atoms with Crippen molar-refractivity contribution < 1.29 is 25.9 Å². The van der Waals surface area contributed by atoms with Gasteiger partial charge < -0.3 is 0 Å². The number of hydrogen-bond donors (Lipinski definition) is 2. The molecular weight excluding hydrogens is 290 g/mol. The van der Waals surface area contributed by atoms with Gasteiger partial charge in [0, 0.05) is 0 Å². The first-order chi connectivity index (χ1) is 7.66. The van der Waals surface area contributed by atoms with Crippen LogP contribution in [0.15, 0.2) is 33.0 Å². The molecule has 2 N–H and O–H groups in total. The number of benzene rings is 1. The number of thiocarbonyl (C=S) groups is 1. The van der Waals surface area contributed by atoms with Crippen LogP contribution < -0.4 is 0 Å². The van der Waals surface area contributed by atoms with Crippen molar-refractivity contribution in [2.24, 2.45) is 4.99 Å². The largest absolute Gasteiger partial charge is 0.296 e. The molecule has 0 amide bonds. The van der Waals surface area contributed by atoms with E-state index in [4.69, 9.17) is 9.11 Å². The molecule has 1 aromatic rings. The molecule has 0 radical (unpaired) electrons. The predicted octanol–water partition coefficient (Wildman–Crippen LogP) is 0.914. The fourth-order valence-corrected chi connectivity index (χ4v) is 2.34. The van der Waals surface area contributed by atoms with Crippen LogP contribution in [0.3, 0.4) is 0 Å². The highest BCUT2D eigenvalue weighted by Crippen LogP contribution is 2.26. The number of rotatable bonds is 3. The zero-order valence-corrected chi connectivity index (χ0v) is 10.4. The van der Waals surface area contributed by atoms with Gasteiger partial charge in [-0.2, -0.15) is 21.8 Å². The molecule has 0 heterocycles. The summed E-state index contributed by atoms with van der Waals surface area (Å²) in [4.78, 5) is 1.87. The van der Waals surface area contributed by atoms with E-state index >= 15 is 0 Å². The zero-order chi connectivity index (χ0) is 13.3. The van der Waals surface area contributed by atoms with Crippen molar-refractivity contribution in [1.82, 2.24) is 0 Å². The van der Waals surface area contributed by atoms with E-state index < -0.39 is 30.0 Å². The van der Waals surface area contributed by atoms with E-state index in [1.54, 1.807) is 0 Å². The summed E-state index contributed by atoms with van der Waals surface area (Å²) < 4.78 is 61.1. The number of aliphatic imine (C=N–C) groups is 1. The second-order valence-electron chi connectivity index (χ2n) is 2.78. The van der Waals surface area contributed by atoms with Gasteiger partial charge in [0.25, 0.3) is 20.2 Å². The van der Waals surface area contributed by atoms with E-state index in [1.807, 2.05) is 5.16 Å². The van der Waals surface area contributed by atoms with Gasteiger partial charge in [-0.25, -0.2) is 0 Å². The number of isothiocyanates is 1.